The zero-order valence-electron chi connectivity index (χ0n) is 11.9. The minimum atomic E-state index is -1.96. The molecule has 0 aliphatic heterocycles. The zero-order chi connectivity index (χ0) is 17.3. The van der Waals surface area contributed by atoms with E-state index in [0.717, 1.165) is 20.3 Å². The third-order valence-electron chi connectivity index (χ3n) is 3.21. The average molecular weight is 334 g/mol. The first-order valence-electron chi connectivity index (χ1n) is 6.22. The van der Waals surface area contributed by atoms with Gasteiger partial charge in [-0.3, -0.25) is 0 Å². The van der Waals surface area contributed by atoms with E-state index in [4.69, 9.17) is 4.74 Å². The average Bonchev–Trinajstić information content (AvgIpc) is 2.51. The van der Waals surface area contributed by atoms with Crippen molar-refractivity contribution in [2.75, 3.05) is 14.2 Å². The molecule has 0 N–H and O–H groups in total. The lowest BCUT2D eigenvalue weighted by molar-refractivity contribution is 0.338. The van der Waals surface area contributed by atoms with Gasteiger partial charge in [0.1, 0.15) is 17.4 Å². The summed E-state index contributed by atoms with van der Waals surface area (Å²) in [5, 5.41) is 0. The Hall–Kier alpha value is -2.32. The van der Waals surface area contributed by atoms with Crippen LogP contribution in [0.15, 0.2) is 12.1 Å². The van der Waals surface area contributed by atoms with Gasteiger partial charge in [-0.05, 0) is 10.9 Å². The second-order valence-corrected chi connectivity index (χ2v) is 4.51. The summed E-state index contributed by atoms with van der Waals surface area (Å²) in [6.45, 7) is 0. The number of methoxy groups -OCH3 is 2. The van der Waals surface area contributed by atoms with E-state index in [1.165, 1.54) is 0 Å². The molecule has 0 atom stereocenters. The van der Waals surface area contributed by atoms with Crippen molar-refractivity contribution in [3.63, 3.8) is 0 Å². The van der Waals surface area contributed by atoms with Crippen LogP contribution >= 0.6 is 0 Å². The first-order valence-corrected chi connectivity index (χ1v) is 6.22. The molecule has 0 heterocycles. The Morgan fingerprint density at radius 2 is 1.39 bits per heavy atom. The van der Waals surface area contributed by atoms with Crippen molar-refractivity contribution in [3.05, 3.63) is 47.0 Å². The number of hydrogen-bond acceptors (Lipinski definition) is 2. The van der Waals surface area contributed by atoms with Crippen LogP contribution in [0.5, 0.6) is 11.5 Å². The quantitative estimate of drug-likeness (QED) is 0.368. The van der Waals surface area contributed by atoms with Gasteiger partial charge in [0.2, 0.25) is 13.1 Å². The standard InChI is InChI=1S/C14H9BF6O2/c1-22-7-4-5(16)3-6(17)8(7)15-9-10(18)12(20)13(21)14(23-2)11(9)19/h3-4,15H,1-2H3. The number of halogens is 6. The SMILES string of the molecule is COc1cc(F)cc(F)c1Bc1c(F)c(F)c(F)c(OC)c1F. The van der Waals surface area contributed by atoms with Crippen LogP contribution in [0.4, 0.5) is 26.3 Å². The van der Waals surface area contributed by atoms with E-state index in [0.29, 0.717) is 6.07 Å². The van der Waals surface area contributed by atoms with Crippen molar-refractivity contribution in [2.24, 2.45) is 0 Å². The summed E-state index contributed by atoms with van der Waals surface area (Å²) in [4.78, 5) is 0. The number of benzene rings is 2. The first-order chi connectivity index (χ1) is 10.8. The molecule has 0 aliphatic carbocycles. The third-order valence-corrected chi connectivity index (χ3v) is 3.21. The van der Waals surface area contributed by atoms with Crippen LogP contribution in [0, 0.1) is 34.9 Å². The molecule has 0 saturated heterocycles. The molecule has 23 heavy (non-hydrogen) atoms. The molecule has 0 saturated carbocycles. The van der Waals surface area contributed by atoms with E-state index in [1.54, 1.807) is 0 Å². The third kappa shape index (κ3) is 2.95. The van der Waals surface area contributed by atoms with Gasteiger partial charge in [-0.1, -0.05) is 0 Å². The number of ether oxygens (including phenoxy) is 2. The molecule has 2 aromatic carbocycles. The molecule has 2 rings (SSSR count). The molecule has 0 spiro atoms. The Kier molecular flexibility index (Phi) is 4.77. The molecule has 0 radical (unpaired) electrons. The van der Waals surface area contributed by atoms with E-state index in [-0.39, 0.29) is 5.75 Å². The van der Waals surface area contributed by atoms with Gasteiger partial charge >= 0.3 is 0 Å². The van der Waals surface area contributed by atoms with Gasteiger partial charge in [-0.25, -0.2) is 22.0 Å². The van der Waals surface area contributed by atoms with E-state index < -0.39 is 58.9 Å². The van der Waals surface area contributed by atoms with Crippen molar-refractivity contribution in [1.82, 2.24) is 0 Å². The molecule has 9 heteroatoms. The molecular weight excluding hydrogens is 325 g/mol. The minimum absolute atomic E-state index is 0.329. The number of rotatable bonds is 4. The van der Waals surface area contributed by atoms with Crippen LogP contribution in [0.3, 0.4) is 0 Å². The van der Waals surface area contributed by atoms with Crippen LogP contribution in [0.1, 0.15) is 0 Å². The fraction of sp³-hybridized carbons (Fsp3) is 0.143. The Morgan fingerprint density at radius 3 is 1.96 bits per heavy atom. The number of hydrogen-bond donors (Lipinski definition) is 0. The molecular formula is C14H9BF6O2. The Morgan fingerprint density at radius 1 is 0.739 bits per heavy atom. The van der Waals surface area contributed by atoms with Crippen LogP contribution in [-0.4, -0.2) is 21.5 Å². The van der Waals surface area contributed by atoms with E-state index in [9.17, 15) is 26.3 Å². The van der Waals surface area contributed by atoms with Crippen LogP contribution in [0.2, 0.25) is 0 Å². The molecule has 0 aromatic heterocycles. The summed E-state index contributed by atoms with van der Waals surface area (Å²) in [7, 11) is 1.12. The van der Waals surface area contributed by atoms with E-state index in [1.807, 2.05) is 0 Å². The van der Waals surface area contributed by atoms with Crippen molar-refractivity contribution in [3.8, 4) is 11.5 Å². The van der Waals surface area contributed by atoms with Crippen LogP contribution in [0.25, 0.3) is 0 Å². The maximum atomic E-state index is 14.1. The second-order valence-electron chi connectivity index (χ2n) is 4.51. The van der Waals surface area contributed by atoms with Gasteiger partial charge in [0.05, 0.1) is 14.2 Å². The molecule has 0 unspecified atom stereocenters. The summed E-state index contributed by atoms with van der Waals surface area (Å²) in [6.07, 6.45) is 0. The molecule has 0 fully saturated rings. The predicted octanol–water partition coefficient (Wildman–Crippen LogP) is 1.93. The van der Waals surface area contributed by atoms with E-state index >= 15 is 0 Å². The highest BCUT2D eigenvalue weighted by atomic mass is 19.2. The van der Waals surface area contributed by atoms with E-state index in [2.05, 4.69) is 4.74 Å². The molecule has 0 aliphatic rings. The highest BCUT2D eigenvalue weighted by molar-refractivity contribution is 6.68. The lowest BCUT2D eigenvalue weighted by atomic mass is 9.62. The highest BCUT2D eigenvalue weighted by Gasteiger charge is 2.28. The van der Waals surface area contributed by atoms with Crippen molar-refractivity contribution >= 4 is 18.2 Å². The zero-order valence-corrected chi connectivity index (χ0v) is 11.9. The molecule has 2 aromatic rings. The van der Waals surface area contributed by atoms with Gasteiger partial charge in [0, 0.05) is 12.1 Å². The van der Waals surface area contributed by atoms with Crippen LogP contribution in [-0.2, 0) is 0 Å². The first kappa shape index (κ1) is 17.0. The van der Waals surface area contributed by atoms with Gasteiger partial charge in [-0.15, -0.1) is 0 Å². The lowest BCUT2D eigenvalue weighted by Crippen LogP contribution is -2.36. The van der Waals surface area contributed by atoms with Gasteiger partial charge in [0.25, 0.3) is 0 Å². The molecule has 122 valence electrons. The summed E-state index contributed by atoms with van der Waals surface area (Å²) in [5.41, 5.74) is -1.38. The second kappa shape index (κ2) is 6.43. The van der Waals surface area contributed by atoms with Crippen LogP contribution < -0.4 is 20.4 Å². The van der Waals surface area contributed by atoms with Gasteiger partial charge in [-0.2, -0.15) is 4.39 Å². The van der Waals surface area contributed by atoms with Crippen molar-refractivity contribution < 1.29 is 35.8 Å². The topological polar surface area (TPSA) is 18.5 Å². The molecule has 0 amide bonds. The maximum Gasteiger partial charge on any atom is 0.209 e. The normalized spacial score (nSPS) is 10.6. The largest absolute Gasteiger partial charge is 0.497 e. The predicted molar refractivity (Wildman–Crippen MR) is 72.2 cm³/mol. The lowest BCUT2D eigenvalue weighted by Gasteiger charge is -2.13. The monoisotopic (exact) mass is 334 g/mol. The van der Waals surface area contributed by atoms with Crippen molar-refractivity contribution in [1.29, 1.82) is 0 Å². The minimum Gasteiger partial charge on any atom is -0.497 e. The fourth-order valence-corrected chi connectivity index (χ4v) is 2.10. The van der Waals surface area contributed by atoms with Gasteiger partial charge < -0.3 is 9.47 Å². The molecule has 0 bridgehead atoms. The highest BCUT2D eigenvalue weighted by Crippen LogP contribution is 2.24. The summed E-state index contributed by atoms with van der Waals surface area (Å²) >= 11 is 0. The summed E-state index contributed by atoms with van der Waals surface area (Å²) in [5.74, 6) is -10.7. The fourth-order valence-electron chi connectivity index (χ4n) is 2.10. The maximum absolute atomic E-state index is 14.1. The summed E-state index contributed by atoms with van der Waals surface area (Å²) < 4.78 is 90.9. The van der Waals surface area contributed by atoms with Crippen molar-refractivity contribution in [2.45, 2.75) is 0 Å². The Bertz CT molecular complexity index is 766. The molecule has 2 nitrogen and oxygen atoms in total. The summed E-state index contributed by atoms with van der Waals surface area (Å²) in [6, 6.07) is 1.27. The Balaban J connectivity index is 2.64. The van der Waals surface area contributed by atoms with Gasteiger partial charge in [0.15, 0.2) is 23.2 Å². The smallest absolute Gasteiger partial charge is 0.209 e. The Labute approximate surface area is 127 Å².